The third-order valence-electron chi connectivity index (χ3n) is 3.90. The molecule has 7 nitrogen and oxygen atoms in total. The van der Waals surface area contributed by atoms with Crippen molar-refractivity contribution >= 4 is 11.9 Å². The molecular formula is C11H18N6O. The van der Waals surface area contributed by atoms with Crippen LogP contribution in [-0.4, -0.2) is 62.6 Å². The van der Waals surface area contributed by atoms with Crippen LogP contribution in [0.1, 0.15) is 30.4 Å². The van der Waals surface area contributed by atoms with E-state index in [2.05, 4.69) is 27.0 Å². The number of fused-ring (bicyclic) bond motifs is 1. The van der Waals surface area contributed by atoms with Crippen molar-refractivity contribution < 1.29 is 4.79 Å². The zero-order chi connectivity index (χ0) is 12.7. The number of hydrogen-bond donors (Lipinski definition) is 2. The van der Waals surface area contributed by atoms with Crippen LogP contribution in [0.5, 0.6) is 0 Å². The SMILES string of the molecule is CC1CN2CCCC2CN1C(=O)c1nc(N)n[nH]1. The average molecular weight is 250 g/mol. The number of nitrogen functional groups attached to an aromatic ring is 1. The number of aromatic amines is 1. The summed E-state index contributed by atoms with van der Waals surface area (Å²) in [6.07, 6.45) is 2.41. The van der Waals surface area contributed by atoms with Crippen LogP contribution < -0.4 is 5.73 Å². The molecule has 0 radical (unpaired) electrons. The van der Waals surface area contributed by atoms with Gasteiger partial charge in [-0.1, -0.05) is 0 Å². The van der Waals surface area contributed by atoms with E-state index in [1.807, 2.05) is 4.90 Å². The molecule has 3 heterocycles. The number of amides is 1. The second-order valence-corrected chi connectivity index (χ2v) is 5.14. The van der Waals surface area contributed by atoms with Crippen molar-refractivity contribution in [1.29, 1.82) is 0 Å². The molecule has 2 aliphatic heterocycles. The lowest BCUT2D eigenvalue weighted by molar-refractivity contribution is 0.0385. The van der Waals surface area contributed by atoms with E-state index in [1.165, 1.54) is 12.8 Å². The monoisotopic (exact) mass is 250 g/mol. The normalized spacial score (nSPS) is 28.4. The Bertz CT molecular complexity index is 458. The Hall–Kier alpha value is -1.63. The van der Waals surface area contributed by atoms with Crippen molar-refractivity contribution in [2.45, 2.75) is 31.8 Å². The van der Waals surface area contributed by atoms with Gasteiger partial charge in [-0.2, -0.15) is 4.98 Å². The minimum absolute atomic E-state index is 0.0988. The summed E-state index contributed by atoms with van der Waals surface area (Å²) in [6, 6.07) is 0.712. The molecule has 7 heteroatoms. The first-order chi connectivity index (χ1) is 8.65. The van der Waals surface area contributed by atoms with Gasteiger partial charge < -0.3 is 10.6 Å². The van der Waals surface area contributed by atoms with E-state index >= 15 is 0 Å². The van der Waals surface area contributed by atoms with Crippen molar-refractivity contribution in [3.63, 3.8) is 0 Å². The molecule has 1 amide bonds. The van der Waals surface area contributed by atoms with Gasteiger partial charge in [0, 0.05) is 25.2 Å². The van der Waals surface area contributed by atoms with Gasteiger partial charge in [0.05, 0.1) is 0 Å². The van der Waals surface area contributed by atoms with Gasteiger partial charge in [-0.05, 0) is 26.3 Å². The van der Waals surface area contributed by atoms with Crippen molar-refractivity contribution in [3.05, 3.63) is 5.82 Å². The Kier molecular flexibility index (Phi) is 2.70. The van der Waals surface area contributed by atoms with Crippen molar-refractivity contribution in [2.24, 2.45) is 0 Å². The molecule has 1 aromatic heterocycles. The van der Waals surface area contributed by atoms with E-state index in [0.29, 0.717) is 6.04 Å². The van der Waals surface area contributed by atoms with Crippen LogP contribution in [-0.2, 0) is 0 Å². The molecule has 2 aliphatic rings. The summed E-state index contributed by atoms with van der Waals surface area (Å²) >= 11 is 0. The van der Waals surface area contributed by atoms with Crippen LogP contribution in [0.4, 0.5) is 5.95 Å². The maximum atomic E-state index is 12.3. The molecule has 0 bridgehead atoms. The van der Waals surface area contributed by atoms with Gasteiger partial charge in [0.25, 0.3) is 5.91 Å². The highest BCUT2D eigenvalue weighted by atomic mass is 16.2. The molecular weight excluding hydrogens is 232 g/mol. The molecule has 98 valence electrons. The van der Waals surface area contributed by atoms with Gasteiger partial charge in [-0.3, -0.25) is 14.8 Å². The average Bonchev–Trinajstić information content (AvgIpc) is 2.95. The van der Waals surface area contributed by atoms with Gasteiger partial charge in [0.1, 0.15) is 0 Å². The lowest BCUT2D eigenvalue weighted by atomic mass is 10.1. The largest absolute Gasteiger partial charge is 0.366 e. The smallest absolute Gasteiger partial charge is 0.291 e. The number of H-pyrrole nitrogens is 1. The third-order valence-corrected chi connectivity index (χ3v) is 3.90. The Morgan fingerprint density at radius 3 is 3.06 bits per heavy atom. The fourth-order valence-corrected chi connectivity index (χ4v) is 2.98. The molecule has 2 atom stereocenters. The number of piperazine rings is 1. The van der Waals surface area contributed by atoms with Gasteiger partial charge in [-0.25, -0.2) is 0 Å². The van der Waals surface area contributed by atoms with E-state index < -0.39 is 0 Å². The number of nitrogens with two attached hydrogens (primary N) is 1. The van der Waals surface area contributed by atoms with E-state index in [1.54, 1.807) is 0 Å². The highest BCUT2D eigenvalue weighted by Gasteiger charge is 2.37. The lowest BCUT2D eigenvalue weighted by Gasteiger charge is -2.41. The fraction of sp³-hybridized carbons (Fsp3) is 0.727. The summed E-state index contributed by atoms with van der Waals surface area (Å²) in [6.45, 7) is 4.96. The van der Waals surface area contributed by atoms with Gasteiger partial charge in [0.15, 0.2) is 0 Å². The molecule has 2 saturated heterocycles. The molecule has 0 aromatic carbocycles. The summed E-state index contributed by atoms with van der Waals surface area (Å²) in [5, 5.41) is 6.30. The maximum absolute atomic E-state index is 12.3. The van der Waals surface area contributed by atoms with E-state index in [9.17, 15) is 4.79 Å². The van der Waals surface area contributed by atoms with Crippen molar-refractivity contribution in [3.8, 4) is 0 Å². The Morgan fingerprint density at radius 1 is 1.50 bits per heavy atom. The summed E-state index contributed by atoms with van der Waals surface area (Å²) in [7, 11) is 0. The third kappa shape index (κ3) is 1.84. The summed E-state index contributed by atoms with van der Waals surface area (Å²) in [5.74, 6) is 0.259. The number of carbonyl (C=O) groups is 1. The number of anilines is 1. The number of nitrogens with zero attached hydrogens (tertiary/aromatic N) is 4. The van der Waals surface area contributed by atoms with Crippen LogP contribution in [0, 0.1) is 0 Å². The van der Waals surface area contributed by atoms with Crippen LogP contribution in [0.25, 0.3) is 0 Å². The number of hydrogen-bond acceptors (Lipinski definition) is 5. The number of carbonyl (C=O) groups excluding carboxylic acids is 1. The van der Waals surface area contributed by atoms with Crippen LogP contribution in [0.15, 0.2) is 0 Å². The highest BCUT2D eigenvalue weighted by molar-refractivity contribution is 5.91. The predicted molar refractivity (Wildman–Crippen MR) is 65.9 cm³/mol. The second-order valence-electron chi connectivity index (χ2n) is 5.14. The maximum Gasteiger partial charge on any atom is 0.291 e. The minimum Gasteiger partial charge on any atom is -0.366 e. The first kappa shape index (κ1) is 11.5. The Morgan fingerprint density at radius 2 is 2.33 bits per heavy atom. The van der Waals surface area contributed by atoms with E-state index in [-0.39, 0.29) is 23.7 Å². The molecule has 3 N–H and O–H groups in total. The quantitative estimate of drug-likeness (QED) is 0.713. The Balaban J connectivity index is 1.77. The summed E-state index contributed by atoms with van der Waals surface area (Å²) in [5.41, 5.74) is 5.43. The van der Waals surface area contributed by atoms with E-state index in [0.717, 1.165) is 19.6 Å². The molecule has 18 heavy (non-hydrogen) atoms. The molecule has 2 unspecified atom stereocenters. The van der Waals surface area contributed by atoms with Crippen molar-refractivity contribution in [1.82, 2.24) is 25.0 Å². The molecule has 2 fully saturated rings. The second kappa shape index (κ2) is 4.24. The van der Waals surface area contributed by atoms with Crippen LogP contribution >= 0.6 is 0 Å². The fourth-order valence-electron chi connectivity index (χ4n) is 2.98. The standard InChI is InChI=1S/C11H18N6O/c1-7-5-16-4-2-3-8(16)6-17(7)10(18)9-13-11(12)15-14-9/h7-8H,2-6H2,1H3,(H3,12,13,14,15). The van der Waals surface area contributed by atoms with Gasteiger partial charge in [0.2, 0.25) is 11.8 Å². The molecule has 3 rings (SSSR count). The van der Waals surface area contributed by atoms with Crippen molar-refractivity contribution in [2.75, 3.05) is 25.4 Å². The zero-order valence-corrected chi connectivity index (χ0v) is 10.5. The first-order valence-electron chi connectivity index (χ1n) is 6.38. The number of aromatic nitrogens is 3. The zero-order valence-electron chi connectivity index (χ0n) is 10.5. The van der Waals surface area contributed by atoms with Crippen LogP contribution in [0.2, 0.25) is 0 Å². The highest BCUT2D eigenvalue weighted by Crippen LogP contribution is 2.25. The molecule has 0 aliphatic carbocycles. The van der Waals surface area contributed by atoms with Crippen LogP contribution in [0.3, 0.4) is 0 Å². The minimum atomic E-state index is -0.0988. The topological polar surface area (TPSA) is 91.1 Å². The van der Waals surface area contributed by atoms with E-state index in [4.69, 9.17) is 5.73 Å². The lowest BCUT2D eigenvalue weighted by Crippen LogP contribution is -2.56. The molecule has 1 aromatic rings. The first-order valence-corrected chi connectivity index (χ1v) is 6.38. The summed E-state index contributed by atoms with van der Waals surface area (Å²) < 4.78 is 0. The molecule has 0 spiro atoms. The van der Waals surface area contributed by atoms with Gasteiger partial charge >= 0.3 is 0 Å². The summed E-state index contributed by atoms with van der Waals surface area (Å²) in [4.78, 5) is 20.6. The number of rotatable bonds is 1. The Labute approximate surface area is 105 Å². The predicted octanol–water partition coefficient (Wildman–Crippen LogP) is -0.304. The van der Waals surface area contributed by atoms with Gasteiger partial charge in [-0.15, -0.1) is 5.10 Å². The molecule has 0 saturated carbocycles. The number of nitrogens with one attached hydrogen (secondary N) is 1.